The topological polar surface area (TPSA) is 127 Å². The zero-order valence-electron chi connectivity index (χ0n) is 25.3. The molecule has 0 aliphatic heterocycles. The number of rotatable bonds is 14. The van der Waals surface area contributed by atoms with E-state index in [0.29, 0.717) is 18.0 Å². The van der Waals surface area contributed by atoms with Crippen molar-refractivity contribution in [3.05, 3.63) is 16.1 Å². The van der Waals surface area contributed by atoms with Crippen LogP contribution in [-0.2, 0) is 19.1 Å². The highest BCUT2D eigenvalue weighted by Gasteiger charge is 2.36. The van der Waals surface area contributed by atoms with E-state index in [1.807, 2.05) is 34.6 Å². The average molecular weight is 569 g/mol. The van der Waals surface area contributed by atoms with Crippen LogP contribution < -0.4 is 10.6 Å². The second kappa shape index (κ2) is 15.8. The fraction of sp³-hybridized carbons (Fsp3) is 0.750. The molecule has 1 aromatic heterocycles. The number of urea groups is 1. The van der Waals surface area contributed by atoms with Gasteiger partial charge in [0, 0.05) is 25.0 Å². The van der Waals surface area contributed by atoms with E-state index in [1.54, 1.807) is 45.0 Å². The third kappa shape index (κ3) is 11.1. The smallest absolute Gasteiger partial charge is 0.357 e. The summed E-state index contributed by atoms with van der Waals surface area (Å²) in [4.78, 5) is 57.4. The normalized spacial score (nSPS) is 14.6. The van der Waals surface area contributed by atoms with Crippen molar-refractivity contribution >= 4 is 35.2 Å². The number of ether oxygens (including phenoxy) is 2. The molecule has 11 heteroatoms. The SMILES string of the molecule is CCNC(=O)N[C@H](C[C@H](C(C)C)N(C)C(=O)[C@@H](CC(=O)OC(C)(C)C)[C@@H](C)CC)c1nc(C(=O)OCC)cs1. The van der Waals surface area contributed by atoms with Gasteiger partial charge in [0.25, 0.3) is 0 Å². The fourth-order valence-corrected chi connectivity index (χ4v) is 5.11. The van der Waals surface area contributed by atoms with Crippen molar-refractivity contribution in [3.63, 3.8) is 0 Å². The molecule has 0 aliphatic rings. The molecule has 0 aromatic carbocycles. The van der Waals surface area contributed by atoms with Crippen molar-refractivity contribution in [1.82, 2.24) is 20.5 Å². The van der Waals surface area contributed by atoms with Crippen molar-refractivity contribution in [1.29, 1.82) is 0 Å². The van der Waals surface area contributed by atoms with Gasteiger partial charge in [-0.25, -0.2) is 14.6 Å². The predicted octanol–water partition coefficient (Wildman–Crippen LogP) is 4.95. The van der Waals surface area contributed by atoms with Crippen LogP contribution in [0.2, 0.25) is 0 Å². The molecule has 222 valence electrons. The van der Waals surface area contributed by atoms with E-state index >= 15 is 0 Å². The number of amides is 3. The van der Waals surface area contributed by atoms with Crippen LogP contribution in [0, 0.1) is 17.8 Å². The number of thiazole rings is 1. The molecule has 0 aliphatic carbocycles. The number of nitrogens with one attached hydrogen (secondary N) is 2. The van der Waals surface area contributed by atoms with Crippen LogP contribution in [0.3, 0.4) is 0 Å². The lowest BCUT2D eigenvalue weighted by atomic mass is 9.86. The zero-order valence-corrected chi connectivity index (χ0v) is 26.1. The maximum absolute atomic E-state index is 13.8. The molecule has 3 amide bonds. The highest BCUT2D eigenvalue weighted by molar-refractivity contribution is 7.09. The van der Waals surface area contributed by atoms with Gasteiger partial charge in [-0.05, 0) is 52.9 Å². The molecule has 2 N–H and O–H groups in total. The van der Waals surface area contributed by atoms with Gasteiger partial charge < -0.3 is 25.0 Å². The largest absolute Gasteiger partial charge is 0.461 e. The molecule has 0 spiro atoms. The summed E-state index contributed by atoms with van der Waals surface area (Å²) in [5.74, 6) is -1.61. The van der Waals surface area contributed by atoms with E-state index in [9.17, 15) is 19.2 Å². The van der Waals surface area contributed by atoms with Gasteiger partial charge in [-0.3, -0.25) is 9.59 Å². The van der Waals surface area contributed by atoms with E-state index in [0.717, 1.165) is 6.42 Å². The molecule has 1 aromatic rings. The van der Waals surface area contributed by atoms with Crippen molar-refractivity contribution in [2.75, 3.05) is 20.2 Å². The Balaban J connectivity index is 3.28. The van der Waals surface area contributed by atoms with E-state index < -0.39 is 29.5 Å². The van der Waals surface area contributed by atoms with Gasteiger partial charge in [0.15, 0.2) is 5.69 Å². The van der Waals surface area contributed by atoms with Crippen LogP contribution in [0.5, 0.6) is 0 Å². The summed E-state index contributed by atoms with van der Waals surface area (Å²) in [6, 6.07) is -1.21. The Labute approximate surface area is 237 Å². The summed E-state index contributed by atoms with van der Waals surface area (Å²) < 4.78 is 10.6. The lowest BCUT2D eigenvalue weighted by Gasteiger charge is -2.37. The van der Waals surface area contributed by atoms with Crippen molar-refractivity contribution in [3.8, 4) is 0 Å². The first kappa shape index (κ1) is 34.3. The second-order valence-electron chi connectivity index (χ2n) is 11.1. The number of carbonyl (C=O) groups is 4. The maximum Gasteiger partial charge on any atom is 0.357 e. The number of carbonyl (C=O) groups excluding carboxylic acids is 4. The van der Waals surface area contributed by atoms with Crippen LogP contribution in [0.4, 0.5) is 4.79 Å². The van der Waals surface area contributed by atoms with Gasteiger partial charge in [-0.2, -0.15) is 0 Å². The summed E-state index contributed by atoms with van der Waals surface area (Å²) in [7, 11) is 1.74. The molecule has 1 heterocycles. The van der Waals surface area contributed by atoms with Gasteiger partial charge in [-0.15, -0.1) is 11.3 Å². The van der Waals surface area contributed by atoms with E-state index in [4.69, 9.17) is 9.47 Å². The first-order valence-corrected chi connectivity index (χ1v) is 14.7. The Hall–Kier alpha value is -2.69. The molecule has 0 saturated carbocycles. The fourth-order valence-electron chi connectivity index (χ4n) is 4.26. The van der Waals surface area contributed by atoms with Gasteiger partial charge in [-0.1, -0.05) is 34.1 Å². The number of esters is 2. The van der Waals surface area contributed by atoms with Crippen LogP contribution in [-0.4, -0.2) is 65.6 Å². The first-order valence-electron chi connectivity index (χ1n) is 13.8. The van der Waals surface area contributed by atoms with E-state index in [-0.39, 0.29) is 48.5 Å². The van der Waals surface area contributed by atoms with Crippen LogP contribution in [0.25, 0.3) is 0 Å². The third-order valence-electron chi connectivity index (χ3n) is 6.49. The van der Waals surface area contributed by atoms with Gasteiger partial charge in [0.2, 0.25) is 5.91 Å². The Bertz CT molecular complexity index is 958. The number of aromatic nitrogens is 1. The Morgan fingerprint density at radius 1 is 1.10 bits per heavy atom. The number of hydrogen-bond donors (Lipinski definition) is 2. The predicted molar refractivity (Wildman–Crippen MR) is 152 cm³/mol. The summed E-state index contributed by atoms with van der Waals surface area (Å²) in [5, 5.41) is 7.84. The Morgan fingerprint density at radius 2 is 1.74 bits per heavy atom. The zero-order chi connectivity index (χ0) is 29.9. The minimum Gasteiger partial charge on any atom is -0.461 e. The quantitative estimate of drug-likeness (QED) is 0.304. The summed E-state index contributed by atoms with van der Waals surface area (Å²) in [6.07, 6.45) is 1.10. The molecule has 0 bridgehead atoms. The monoisotopic (exact) mass is 568 g/mol. The third-order valence-corrected chi connectivity index (χ3v) is 7.45. The molecular formula is C28H48N4O6S. The molecule has 10 nitrogen and oxygen atoms in total. The minimum absolute atomic E-state index is 0.00374. The van der Waals surface area contributed by atoms with Crippen molar-refractivity contribution < 1.29 is 28.7 Å². The number of hydrogen-bond acceptors (Lipinski definition) is 8. The van der Waals surface area contributed by atoms with Crippen molar-refractivity contribution in [2.24, 2.45) is 17.8 Å². The molecule has 0 unspecified atom stereocenters. The lowest BCUT2D eigenvalue weighted by Crippen LogP contribution is -2.48. The molecule has 39 heavy (non-hydrogen) atoms. The van der Waals surface area contributed by atoms with Gasteiger partial charge in [0.1, 0.15) is 10.6 Å². The molecule has 1 rings (SSSR count). The standard InChI is InChI=1S/C28H48N4O6S/c1-11-18(6)19(14-23(33)38-28(7,8)9)25(34)32(10)22(17(4)5)15-20(31-27(36)29-12-2)24-30-21(16-39-24)26(35)37-13-3/h16-20,22H,11-15H2,1-10H3,(H2,29,31,36)/t18-,19-,20+,22+/m0/s1. The van der Waals surface area contributed by atoms with E-state index in [2.05, 4.69) is 15.6 Å². The minimum atomic E-state index is -0.638. The molecular weight excluding hydrogens is 520 g/mol. The maximum atomic E-state index is 13.8. The highest BCUT2D eigenvalue weighted by Crippen LogP contribution is 2.30. The molecule has 0 fully saturated rings. The van der Waals surface area contributed by atoms with E-state index in [1.165, 1.54) is 11.3 Å². The Morgan fingerprint density at radius 3 is 2.26 bits per heavy atom. The lowest BCUT2D eigenvalue weighted by molar-refractivity contribution is -0.159. The van der Waals surface area contributed by atoms with Crippen LogP contribution in [0.1, 0.15) is 103 Å². The van der Waals surface area contributed by atoms with Crippen molar-refractivity contribution in [2.45, 2.75) is 99.3 Å². The summed E-state index contributed by atoms with van der Waals surface area (Å²) >= 11 is 1.26. The average Bonchev–Trinajstić information content (AvgIpc) is 3.33. The number of nitrogens with zero attached hydrogens (tertiary/aromatic N) is 2. The molecule has 4 atom stereocenters. The highest BCUT2D eigenvalue weighted by atomic mass is 32.1. The van der Waals surface area contributed by atoms with Crippen LogP contribution in [0.15, 0.2) is 5.38 Å². The Kier molecular flexibility index (Phi) is 13.9. The van der Waals surface area contributed by atoms with Crippen LogP contribution >= 0.6 is 11.3 Å². The van der Waals surface area contributed by atoms with Gasteiger partial charge >= 0.3 is 18.0 Å². The molecule has 0 saturated heterocycles. The summed E-state index contributed by atoms with van der Waals surface area (Å²) in [6.45, 7) is 17.6. The second-order valence-corrected chi connectivity index (χ2v) is 12.0. The van der Waals surface area contributed by atoms with Gasteiger partial charge in [0.05, 0.1) is 25.0 Å². The first-order chi connectivity index (χ1) is 18.1. The molecule has 0 radical (unpaired) electrons. The summed E-state index contributed by atoms with van der Waals surface area (Å²) in [5.41, 5.74) is -0.458.